The molecule has 1 aromatic rings. The largest absolute Gasteiger partial charge is 0.315 e. The fourth-order valence-corrected chi connectivity index (χ4v) is 2.90. The van der Waals surface area contributed by atoms with Gasteiger partial charge in [0.15, 0.2) is 0 Å². The average molecular weight is 225 g/mol. The number of aromatic nitrogens is 1. The van der Waals surface area contributed by atoms with Gasteiger partial charge >= 0.3 is 0 Å². The van der Waals surface area contributed by atoms with Gasteiger partial charge in [-0.05, 0) is 26.4 Å². The Bertz CT molecular complexity index is 305. The van der Waals surface area contributed by atoms with Gasteiger partial charge in [0.2, 0.25) is 0 Å². The van der Waals surface area contributed by atoms with Crippen LogP contribution in [-0.2, 0) is 13.0 Å². The Labute approximate surface area is 95.5 Å². The number of rotatable bonds is 4. The Morgan fingerprint density at radius 2 is 2.53 bits per heavy atom. The maximum Gasteiger partial charge on any atom is 0.0925 e. The molecule has 2 rings (SSSR count). The van der Waals surface area contributed by atoms with Gasteiger partial charge in [-0.3, -0.25) is 4.90 Å². The summed E-state index contributed by atoms with van der Waals surface area (Å²) in [6.45, 7) is 5.51. The Morgan fingerprint density at radius 3 is 3.13 bits per heavy atom. The molecule has 84 valence electrons. The summed E-state index contributed by atoms with van der Waals surface area (Å²) in [5, 5.41) is 4.65. The van der Waals surface area contributed by atoms with Crippen molar-refractivity contribution >= 4 is 11.3 Å². The highest BCUT2D eigenvalue weighted by molar-refractivity contribution is 7.11. The van der Waals surface area contributed by atoms with Crippen molar-refractivity contribution in [1.82, 2.24) is 15.2 Å². The Kier molecular flexibility index (Phi) is 3.72. The predicted molar refractivity (Wildman–Crippen MR) is 64.2 cm³/mol. The van der Waals surface area contributed by atoms with Crippen LogP contribution in [-0.4, -0.2) is 36.1 Å². The average Bonchev–Trinajstić information content (AvgIpc) is 2.87. The molecule has 0 saturated carbocycles. The molecule has 1 saturated heterocycles. The van der Waals surface area contributed by atoms with Gasteiger partial charge in [-0.25, -0.2) is 4.98 Å². The third kappa shape index (κ3) is 2.77. The van der Waals surface area contributed by atoms with E-state index in [1.165, 1.54) is 16.3 Å². The third-order valence-corrected chi connectivity index (χ3v) is 4.09. The van der Waals surface area contributed by atoms with E-state index in [9.17, 15) is 0 Å². The van der Waals surface area contributed by atoms with Crippen molar-refractivity contribution in [2.45, 2.75) is 32.4 Å². The van der Waals surface area contributed by atoms with E-state index in [2.05, 4.69) is 29.2 Å². The highest BCUT2D eigenvalue weighted by Gasteiger charge is 2.19. The van der Waals surface area contributed by atoms with Gasteiger partial charge in [-0.15, -0.1) is 11.3 Å². The molecular formula is C11H19N3S. The second-order valence-electron chi connectivity index (χ2n) is 4.14. The van der Waals surface area contributed by atoms with Crippen molar-refractivity contribution in [2.24, 2.45) is 0 Å². The maximum absolute atomic E-state index is 4.39. The lowest BCUT2D eigenvalue weighted by atomic mass is 10.2. The minimum atomic E-state index is 0.706. The van der Waals surface area contributed by atoms with Gasteiger partial charge in [-0.1, -0.05) is 6.92 Å². The quantitative estimate of drug-likeness (QED) is 0.841. The van der Waals surface area contributed by atoms with Crippen molar-refractivity contribution in [3.05, 3.63) is 16.1 Å². The van der Waals surface area contributed by atoms with Crippen molar-refractivity contribution < 1.29 is 0 Å². The van der Waals surface area contributed by atoms with Crippen LogP contribution in [0.1, 0.15) is 23.2 Å². The van der Waals surface area contributed by atoms with Crippen LogP contribution in [0, 0.1) is 0 Å². The standard InChI is InChI=1S/C11H19N3S/c1-3-11-13-7-10(15-11)8-14(2)9-4-5-12-6-9/h7,9,12H,3-6,8H2,1-2H3. The molecule has 4 heteroatoms. The van der Waals surface area contributed by atoms with E-state index >= 15 is 0 Å². The molecule has 1 fully saturated rings. The number of hydrogen-bond donors (Lipinski definition) is 1. The van der Waals surface area contributed by atoms with Gasteiger partial charge < -0.3 is 5.32 Å². The lowest BCUT2D eigenvalue weighted by Gasteiger charge is -2.22. The summed E-state index contributed by atoms with van der Waals surface area (Å²) in [5.41, 5.74) is 0. The molecule has 1 aliphatic rings. The number of nitrogens with zero attached hydrogens (tertiary/aromatic N) is 2. The molecule has 1 N–H and O–H groups in total. The van der Waals surface area contributed by atoms with E-state index in [1.54, 1.807) is 0 Å². The van der Waals surface area contributed by atoms with Crippen LogP contribution in [0.4, 0.5) is 0 Å². The molecule has 1 atom stereocenters. The minimum Gasteiger partial charge on any atom is -0.315 e. The van der Waals surface area contributed by atoms with E-state index in [-0.39, 0.29) is 0 Å². The van der Waals surface area contributed by atoms with Gasteiger partial charge in [-0.2, -0.15) is 0 Å². The summed E-state index contributed by atoms with van der Waals surface area (Å²) < 4.78 is 0. The van der Waals surface area contributed by atoms with Crippen molar-refractivity contribution in [2.75, 3.05) is 20.1 Å². The summed E-state index contributed by atoms with van der Waals surface area (Å²) in [5.74, 6) is 0. The van der Waals surface area contributed by atoms with Gasteiger partial charge in [0, 0.05) is 30.2 Å². The molecule has 1 aliphatic heterocycles. The molecule has 0 amide bonds. The van der Waals surface area contributed by atoms with Crippen molar-refractivity contribution in [3.8, 4) is 0 Å². The van der Waals surface area contributed by atoms with Crippen molar-refractivity contribution in [3.63, 3.8) is 0 Å². The molecular weight excluding hydrogens is 206 g/mol. The van der Waals surface area contributed by atoms with Gasteiger partial charge in [0.25, 0.3) is 0 Å². The highest BCUT2D eigenvalue weighted by atomic mass is 32.1. The molecule has 15 heavy (non-hydrogen) atoms. The third-order valence-electron chi connectivity index (χ3n) is 2.97. The fourth-order valence-electron chi connectivity index (χ4n) is 1.98. The molecule has 0 aliphatic carbocycles. The molecule has 0 radical (unpaired) electrons. The topological polar surface area (TPSA) is 28.2 Å². The first-order valence-electron chi connectivity index (χ1n) is 5.64. The summed E-state index contributed by atoms with van der Waals surface area (Å²) in [6.07, 6.45) is 4.36. The van der Waals surface area contributed by atoms with Crippen LogP contribution >= 0.6 is 11.3 Å². The number of hydrogen-bond acceptors (Lipinski definition) is 4. The number of aryl methyl sites for hydroxylation is 1. The van der Waals surface area contributed by atoms with Crippen LogP contribution in [0.5, 0.6) is 0 Å². The molecule has 0 aromatic carbocycles. The Morgan fingerprint density at radius 1 is 1.67 bits per heavy atom. The van der Waals surface area contributed by atoms with Gasteiger partial charge in [0.1, 0.15) is 0 Å². The first-order valence-corrected chi connectivity index (χ1v) is 6.45. The molecule has 0 spiro atoms. The van der Waals surface area contributed by atoms with E-state index in [0.29, 0.717) is 6.04 Å². The van der Waals surface area contributed by atoms with E-state index in [0.717, 1.165) is 26.1 Å². The lowest BCUT2D eigenvalue weighted by molar-refractivity contribution is 0.251. The molecule has 1 aromatic heterocycles. The first-order chi connectivity index (χ1) is 7.29. The first kappa shape index (κ1) is 11.0. The summed E-state index contributed by atoms with van der Waals surface area (Å²) >= 11 is 1.85. The van der Waals surface area contributed by atoms with Crippen LogP contribution in [0.3, 0.4) is 0 Å². The second-order valence-corrected chi connectivity index (χ2v) is 5.34. The van der Waals surface area contributed by atoms with Crippen LogP contribution in [0.15, 0.2) is 6.20 Å². The second kappa shape index (κ2) is 5.05. The fraction of sp³-hybridized carbons (Fsp3) is 0.727. The minimum absolute atomic E-state index is 0.706. The Balaban J connectivity index is 1.89. The monoisotopic (exact) mass is 225 g/mol. The number of likely N-dealkylation sites (N-methyl/N-ethyl adjacent to an activating group) is 1. The molecule has 0 bridgehead atoms. The van der Waals surface area contributed by atoms with E-state index in [1.807, 2.05) is 17.5 Å². The summed E-state index contributed by atoms with van der Waals surface area (Å²) in [6, 6.07) is 0.706. The van der Waals surface area contributed by atoms with Crippen LogP contribution in [0.25, 0.3) is 0 Å². The zero-order chi connectivity index (χ0) is 10.7. The van der Waals surface area contributed by atoms with Crippen molar-refractivity contribution in [1.29, 1.82) is 0 Å². The lowest BCUT2D eigenvalue weighted by Crippen LogP contribution is -2.32. The molecule has 2 heterocycles. The summed E-state index contributed by atoms with van der Waals surface area (Å²) in [7, 11) is 2.21. The molecule has 1 unspecified atom stereocenters. The summed E-state index contributed by atoms with van der Waals surface area (Å²) in [4.78, 5) is 8.22. The Hall–Kier alpha value is -0.450. The smallest absolute Gasteiger partial charge is 0.0925 e. The highest BCUT2D eigenvalue weighted by Crippen LogP contribution is 2.17. The van der Waals surface area contributed by atoms with Crippen LogP contribution < -0.4 is 5.32 Å². The zero-order valence-corrected chi connectivity index (χ0v) is 10.3. The maximum atomic E-state index is 4.39. The number of thiazole rings is 1. The molecule has 3 nitrogen and oxygen atoms in total. The SMILES string of the molecule is CCc1ncc(CN(C)C2CCNC2)s1. The van der Waals surface area contributed by atoms with E-state index < -0.39 is 0 Å². The number of nitrogens with one attached hydrogen (secondary N) is 1. The normalized spacial score (nSPS) is 21.4. The van der Waals surface area contributed by atoms with E-state index in [4.69, 9.17) is 0 Å². The van der Waals surface area contributed by atoms with Gasteiger partial charge in [0.05, 0.1) is 5.01 Å². The predicted octanol–water partition coefficient (Wildman–Crippen LogP) is 1.50. The van der Waals surface area contributed by atoms with Crippen LogP contribution in [0.2, 0.25) is 0 Å². The zero-order valence-electron chi connectivity index (χ0n) is 9.49.